The summed E-state index contributed by atoms with van der Waals surface area (Å²) in [6.45, 7) is 12.4. The number of hydrogen-bond donors (Lipinski definition) is 1. The maximum atomic E-state index is 12.0. The number of fused-ring (bicyclic) bond motifs is 1. The highest BCUT2D eigenvalue weighted by Crippen LogP contribution is 2.63. The van der Waals surface area contributed by atoms with Gasteiger partial charge in [-0.15, -0.1) is 0 Å². The Balaban J connectivity index is 2.24. The maximum Gasteiger partial charge on any atom is 0.302 e. The Labute approximate surface area is 176 Å². The van der Waals surface area contributed by atoms with E-state index >= 15 is 0 Å². The molecular weight excluding hydrogens is 368 g/mol. The molecule has 4 atom stereocenters. The van der Waals surface area contributed by atoms with Crippen LogP contribution in [0.2, 0.25) is 0 Å². The molecule has 0 aliphatic heterocycles. The molecule has 5 heteroatoms. The first-order valence-electron chi connectivity index (χ1n) is 11.1. The summed E-state index contributed by atoms with van der Waals surface area (Å²) in [5.74, 6) is 0.0407. The molecule has 0 amide bonds. The van der Waals surface area contributed by atoms with Gasteiger partial charge in [-0.2, -0.15) is 0 Å². The highest BCUT2D eigenvalue weighted by atomic mass is 16.5. The Morgan fingerprint density at radius 2 is 1.72 bits per heavy atom. The molecule has 2 fully saturated rings. The summed E-state index contributed by atoms with van der Waals surface area (Å²) in [6.07, 6.45) is 8.67. The first kappa shape index (κ1) is 23.9. The van der Waals surface area contributed by atoms with Crippen LogP contribution >= 0.6 is 0 Å². The summed E-state index contributed by atoms with van der Waals surface area (Å²) < 4.78 is 10.3. The van der Waals surface area contributed by atoms with Gasteiger partial charge >= 0.3 is 11.9 Å². The van der Waals surface area contributed by atoms with Crippen molar-refractivity contribution in [2.75, 3.05) is 13.2 Å². The van der Waals surface area contributed by atoms with Gasteiger partial charge in [-0.05, 0) is 54.9 Å². The van der Waals surface area contributed by atoms with Gasteiger partial charge in [0.15, 0.2) is 0 Å². The Morgan fingerprint density at radius 1 is 1.07 bits per heavy atom. The van der Waals surface area contributed by atoms with E-state index in [-0.39, 0.29) is 41.9 Å². The molecule has 0 spiro atoms. The molecule has 166 valence electrons. The summed E-state index contributed by atoms with van der Waals surface area (Å²) in [7, 11) is 0. The standard InChI is InChI=1S/C24H40O5/c1-17-8-9-21-22(4,5)12-7-13-23(21,6)24(17,27)14-10-20(16-29-19(3)26)11-15-28-18(2)25/h10,17,21,27H,7-9,11-16H2,1-6H3/b20-10+. The van der Waals surface area contributed by atoms with Gasteiger partial charge < -0.3 is 14.6 Å². The smallest absolute Gasteiger partial charge is 0.302 e. The van der Waals surface area contributed by atoms with Crippen molar-refractivity contribution < 1.29 is 24.2 Å². The van der Waals surface area contributed by atoms with E-state index in [1.807, 2.05) is 6.08 Å². The highest BCUT2D eigenvalue weighted by Gasteiger charge is 2.60. The van der Waals surface area contributed by atoms with Crippen molar-refractivity contribution in [3.05, 3.63) is 11.6 Å². The third kappa shape index (κ3) is 5.22. The average Bonchev–Trinajstić information content (AvgIpc) is 2.60. The lowest BCUT2D eigenvalue weighted by molar-refractivity contribution is -0.207. The van der Waals surface area contributed by atoms with Gasteiger partial charge in [-0.25, -0.2) is 0 Å². The van der Waals surface area contributed by atoms with E-state index in [1.54, 1.807) is 0 Å². The van der Waals surface area contributed by atoms with Crippen LogP contribution in [0.15, 0.2) is 11.6 Å². The van der Waals surface area contributed by atoms with Gasteiger partial charge in [0.25, 0.3) is 0 Å². The van der Waals surface area contributed by atoms with E-state index in [9.17, 15) is 14.7 Å². The second-order valence-electron chi connectivity index (χ2n) is 10.2. The maximum absolute atomic E-state index is 12.0. The van der Waals surface area contributed by atoms with Crippen molar-refractivity contribution >= 4 is 11.9 Å². The summed E-state index contributed by atoms with van der Waals surface area (Å²) in [5, 5.41) is 12.0. The first-order chi connectivity index (χ1) is 13.4. The molecule has 0 aromatic heterocycles. The molecular formula is C24H40O5. The first-order valence-corrected chi connectivity index (χ1v) is 11.1. The minimum Gasteiger partial charge on any atom is -0.466 e. The van der Waals surface area contributed by atoms with E-state index in [0.717, 1.165) is 24.8 Å². The van der Waals surface area contributed by atoms with Crippen LogP contribution in [-0.4, -0.2) is 35.9 Å². The Morgan fingerprint density at radius 3 is 2.34 bits per heavy atom. The predicted octanol–water partition coefficient (Wildman–Crippen LogP) is 4.81. The molecule has 2 rings (SSSR count). The minimum absolute atomic E-state index is 0.134. The summed E-state index contributed by atoms with van der Waals surface area (Å²) in [4.78, 5) is 22.4. The SMILES string of the molecule is CC(=O)OCC/C(=C\CC1(O)C(C)CCC2C(C)(C)CCCC21C)COC(C)=O. The van der Waals surface area contributed by atoms with Crippen LogP contribution in [0.5, 0.6) is 0 Å². The minimum atomic E-state index is -0.795. The van der Waals surface area contributed by atoms with E-state index in [2.05, 4.69) is 27.7 Å². The van der Waals surface area contributed by atoms with Crippen LogP contribution in [0.4, 0.5) is 0 Å². The van der Waals surface area contributed by atoms with Gasteiger partial charge in [0.05, 0.1) is 12.2 Å². The number of hydrogen-bond acceptors (Lipinski definition) is 5. The van der Waals surface area contributed by atoms with Gasteiger partial charge in [0.2, 0.25) is 0 Å². The van der Waals surface area contributed by atoms with Crippen molar-refractivity contribution in [3.8, 4) is 0 Å². The normalized spacial score (nSPS) is 34.2. The van der Waals surface area contributed by atoms with Gasteiger partial charge in [-0.1, -0.05) is 40.2 Å². The molecule has 29 heavy (non-hydrogen) atoms. The molecule has 0 radical (unpaired) electrons. The van der Waals surface area contributed by atoms with E-state index in [0.29, 0.717) is 18.8 Å². The van der Waals surface area contributed by atoms with Crippen molar-refractivity contribution in [2.24, 2.45) is 22.7 Å². The second-order valence-corrected chi connectivity index (χ2v) is 10.2. The number of esters is 2. The van der Waals surface area contributed by atoms with Gasteiger partial charge in [-0.3, -0.25) is 9.59 Å². The van der Waals surface area contributed by atoms with Gasteiger partial charge in [0, 0.05) is 25.7 Å². The zero-order valence-corrected chi connectivity index (χ0v) is 19.2. The zero-order chi connectivity index (χ0) is 21.9. The Hall–Kier alpha value is -1.36. The fraction of sp³-hybridized carbons (Fsp3) is 0.833. The molecule has 0 aromatic rings. The number of ether oxygens (including phenoxy) is 2. The summed E-state index contributed by atoms with van der Waals surface area (Å²) in [6, 6.07) is 0. The fourth-order valence-electron chi connectivity index (χ4n) is 6.06. The molecule has 0 heterocycles. The van der Waals surface area contributed by atoms with Crippen molar-refractivity contribution in [2.45, 2.75) is 92.1 Å². The summed E-state index contributed by atoms with van der Waals surface area (Å²) >= 11 is 0. The predicted molar refractivity (Wildman–Crippen MR) is 113 cm³/mol. The average molecular weight is 409 g/mol. The van der Waals surface area contributed by atoms with Crippen LogP contribution in [0.1, 0.15) is 86.5 Å². The molecule has 0 bridgehead atoms. The highest BCUT2D eigenvalue weighted by molar-refractivity contribution is 5.66. The third-order valence-electron chi connectivity index (χ3n) is 7.81. The topological polar surface area (TPSA) is 72.8 Å². The molecule has 2 aliphatic carbocycles. The van der Waals surface area contributed by atoms with E-state index in [4.69, 9.17) is 9.47 Å². The zero-order valence-electron chi connectivity index (χ0n) is 19.2. The van der Waals surface area contributed by atoms with Crippen LogP contribution < -0.4 is 0 Å². The van der Waals surface area contributed by atoms with Crippen LogP contribution in [-0.2, 0) is 19.1 Å². The Kier molecular flexibility index (Phi) is 7.58. The lowest BCUT2D eigenvalue weighted by Crippen LogP contribution is -2.62. The lowest BCUT2D eigenvalue weighted by Gasteiger charge is -2.63. The molecule has 0 aromatic carbocycles. The Bertz CT molecular complexity index is 637. The van der Waals surface area contributed by atoms with Crippen LogP contribution in [0.25, 0.3) is 0 Å². The van der Waals surface area contributed by atoms with Crippen molar-refractivity contribution in [3.63, 3.8) is 0 Å². The van der Waals surface area contributed by atoms with Crippen LogP contribution in [0, 0.1) is 22.7 Å². The largest absolute Gasteiger partial charge is 0.466 e. The molecule has 5 nitrogen and oxygen atoms in total. The number of carbonyl (C=O) groups excluding carboxylic acids is 2. The lowest BCUT2D eigenvalue weighted by atomic mass is 9.44. The number of rotatable bonds is 7. The van der Waals surface area contributed by atoms with Crippen molar-refractivity contribution in [1.29, 1.82) is 0 Å². The molecule has 0 saturated heterocycles. The monoisotopic (exact) mass is 408 g/mol. The summed E-state index contributed by atoms with van der Waals surface area (Å²) in [5.41, 5.74) is 0.200. The fourth-order valence-corrected chi connectivity index (χ4v) is 6.06. The molecule has 2 aliphatic rings. The van der Waals surface area contributed by atoms with Crippen molar-refractivity contribution in [1.82, 2.24) is 0 Å². The molecule has 4 unspecified atom stereocenters. The molecule has 2 saturated carbocycles. The second kappa shape index (κ2) is 9.20. The quantitative estimate of drug-likeness (QED) is 0.483. The molecule has 1 N–H and O–H groups in total. The number of aliphatic hydroxyl groups is 1. The van der Waals surface area contributed by atoms with E-state index in [1.165, 1.54) is 26.7 Å². The number of carbonyl (C=O) groups is 2. The van der Waals surface area contributed by atoms with E-state index < -0.39 is 5.60 Å². The third-order valence-corrected chi connectivity index (χ3v) is 7.81. The van der Waals surface area contributed by atoms with Crippen LogP contribution in [0.3, 0.4) is 0 Å². The van der Waals surface area contributed by atoms with Gasteiger partial charge in [0.1, 0.15) is 6.61 Å².